The fourth-order valence-electron chi connectivity index (χ4n) is 1.72. The molecule has 0 radical (unpaired) electrons. The number of amides is 1. The van der Waals surface area contributed by atoms with E-state index in [1.165, 1.54) is 0 Å². The van der Waals surface area contributed by atoms with Crippen LogP contribution in [0.5, 0.6) is 0 Å². The lowest BCUT2D eigenvalue weighted by Crippen LogP contribution is -2.44. The number of hydrogen-bond donors (Lipinski definition) is 3. The monoisotopic (exact) mass is 257 g/mol. The molecule has 0 saturated heterocycles. The minimum atomic E-state index is -1.08. The van der Waals surface area contributed by atoms with Crippen LogP contribution in [0.3, 0.4) is 0 Å². The maximum atomic E-state index is 10.7. The number of hydrogen-bond acceptors (Lipinski definition) is 3. The Bertz CT molecular complexity index is 327. The van der Waals surface area contributed by atoms with Gasteiger partial charge in [-0.1, -0.05) is 19.8 Å². The summed E-state index contributed by atoms with van der Waals surface area (Å²) in [6.07, 6.45) is 1.37. The molecule has 3 N–H and O–H groups in total. The Balaban J connectivity index is 2.56. The third kappa shape index (κ3) is 5.19. The van der Waals surface area contributed by atoms with E-state index in [0.717, 1.165) is 18.4 Å². The molecule has 1 rings (SSSR count). The van der Waals surface area contributed by atoms with E-state index in [1.807, 2.05) is 23.8 Å². The molecule has 0 aliphatic carbocycles. The van der Waals surface area contributed by atoms with Crippen LogP contribution in [0.1, 0.15) is 31.7 Å². The average molecular weight is 257 g/mol. The Morgan fingerprint density at radius 3 is 2.88 bits per heavy atom. The van der Waals surface area contributed by atoms with Gasteiger partial charge in [0.1, 0.15) is 0 Å². The summed E-state index contributed by atoms with van der Waals surface area (Å²) in [6.45, 7) is 2.05. The van der Waals surface area contributed by atoms with Crippen LogP contribution in [0.25, 0.3) is 0 Å². The number of unbranched alkanes of at least 4 members (excludes halogenated alkanes) is 1. The second kappa shape index (κ2) is 7.29. The van der Waals surface area contributed by atoms with Gasteiger partial charge in [-0.15, -0.1) is 0 Å². The first-order valence-electron chi connectivity index (χ1n) is 5.82. The maximum Gasteiger partial charge on any atom is 0.404 e. The number of aliphatic hydroxyl groups excluding tert-OH is 1. The average Bonchev–Trinajstić information content (AvgIpc) is 2.77. The van der Waals surface area contributed by atoms with Crippen LogP contribution in [-0.4, -0.2) is 28.5 Å². The van der Waals surface area contributed by atoms with Crippen molar-refractivity contribution < 1.29 is 15.0 Å². The van der Waals surface area contributed by atoms with Gasteiger partial charge in [0.25, 0.3) is 0 Å². The summed E-state index contributed by atoms with van der Waals surface area (Å²) >= 11 is 1.57. The lowest BCUT2D eigenvalue weighted by atomic mass is 9.99. The van der Waals surface area contributed by atoms with E-state index >= 15 is 0 Å². The fraction of sp³-hybridized carbons (Fsp3) is 0.583. The summed E-state index contributed by atoms with van der Waals surface area (Å²) < 4.78 is 0. The quantitative estimate of drug-likeness (QED) is 0.703. The molecule has 0 fully saturated rings. The van der Waals surface area contributed by atoms with Crippen molar-refractivity contribution in [2.45, 2.75) is 44.8 Å². The predicted molar refractivity (Wildman–Crippen MR) is 68.5 cm³/mol. The number of nitrogens with one attached hydrogen (secondary N) is 1. The van der Waals surface area contributed by atoms with E-state index in [9.17, 15) is 9.90 Å². The molecule has 5 heteroatoms. The number of carboxylic acid groups (broad SMARTS) is 1. The molecule has 0 unspecified atom stereocenters. The van der Waals surface area contributed by atoms with Gasteiger partial charge in [0, 0.05) is 0 Å². The zero-order chi connectivity index (χ0) is 12.7. The second-order valence-corrected chi connectivity index (χ2v) is 4.88. The van der Waals surface area contributed by atoms with Crippen LogP contribution in [0.4, 0.5) is 4.79 Å². The van der Waals surface area contributed by atoms with Gasteiger partial charge in [-0.05, 0) is 35.2 Å². The Hall–Kier alpha value is -1.07. The molecule has 0 spiro atoms. The molecular weight excluding hydrogens is 238 g/mol. The molecule has 1 heterocycles. The van der Waals surface area contributed by atoms with Crippen LogP contribution in [0.15, 0.2) is 16.8 Å². The molecule has 0 aliphatic rings. The molecular formula is C12H19NO3S. The molecule has 0 saturated carbocycles. The lowest BCUT2D eigenvalue weighted by molar-refractivity contribution is 0.110. The molecule has 1 aromatic rings. The first kappa shape index (κ1) is 14.0. The second-order valence-electron chi connectivity index (χ2n) is 4.10. The summed E-state index contributed by atoms with van der Waals surface area (Å²) in [7, 11) is 0. The molecule has 1 amide bonds. The van der Waals surface area contributed by atoms with Gasteiger partial charge in [0.2, 0.25) is 0 Å². The molecule has 1 aromatic heterocycles. The highest BCUT2D eigenvalue weighted by Crippen LogP contribution is 2.13. The van der Waals surface area contributed by atoms with E-state index in [-0.39, 0.29) is 0 Å². The van der Waals surface area contributed by atoms with Crippen molar-refractivity contribution in [2.24, 2.45) is 0 Å². The van der Waals surface area contributed by atoms with Gasteiger partial charge < -0.3 is 15.5 Å². The highest BCUT2D eigenvalue weighted by Gasteiger charge is 2.21. The molecule has 0 bridgehead atoms. The number of carbonyl (C=O) groups is 1. The first-order chi connectivity index (χ1) is 8.13. The van der Waals surface area contributed by atoms with Crippen molar-refractivity contribution in [1.82, 2.24) is 5.32 Å². The van der Waals surface area contributed by atoms with E-state index in [1.54, 1.807) is 11.3 Å². The molecule has 96 valence electrons. The summed E-state index contributed by atoms with van der Waals surface area (Å²) in [5, 5.41) is 25.1. The normalized spacial score (nSPS) is 14.2. The predicted octanol–water partition coefficient (Wildman–Crippen LogP) is 2.48. The Kier molecular flexibility index (Phi) is 6.00. The molecule has 0 aliphatic heterocycles. The minimum Gasteiger partial charge on any atom is -0.465 e. The van der Waals surface area contributed by atoms with Crippen molar-refractivity contribution in [3.05, 3.63) is 22.4 Å². The zero-order valence-corrected chi connectivity index (χ0v) is 10.7. The van der Waals surface area contributed by atoms with Crippen molar-refractivity contribution in [3.8, 4) is 0 Å². The smallest absolute Gasteiger partial charge is 0.404 e. The zero-order valence-electron chi connectivity index (χ0n) is 9.93. The van der Waals surface area contributed by atoms with E-state index in [4.69, 9.17) is 5.11 Å². The first-order valence-corrected chi connectivity index (χ1v) is 6.76. The van der Waals surface area contributed by atoms with Crippen molar-refractivity contribution in [1.29, 1.82) is 0 Å². The molecule has 0 aromatic carbocycles. The van der Waals surface area contributed by atoms with Gasteiger partial charge in [0.15, 0.2) is 0 Å². The highest BCUT2D eigenvalue weighted by molar-refractivity contribution is 7.07. The van der Waals surface area contributed by atoms with Gasteiger partial charge in [-0.3, -0.25) is 0 Å². The van der Waals surface area contributed by atoms with Crippen molar-refractivity contribution in [3.63, 3.8) is 0 Å². The minimum absolute atomic E-state index is 0.423. The summed E-state index contributed by atoms with van der Waals surface area (Å²) in [6, 6.07) is 1.53. The third-order valence-electron chi connectivity index (χ3n) is 2.66. The van der Waals surface area contributed by atoms with E-state index in [0.29, 0.717) is 12.8 Å². The fourth-order valence-corrected chi connectivity index (χ4v) is 2.40. The van der Waals surface area contributed by atoms with Crippen LogP contribution in [0, 0.1) is 0 Å². The molecule has 17 heavy (non-hydrogen) atoms. The van der Waals surface area contributed by atoms with Gasteiger partial charge >= 0.3 is 6.09 Å². The van der Waals surface area contributed by atoms with Gasteiger partial charge in [-0.25, -0.2) is 4.79 Å². The number of rotatable bonds is 7. The van der Waals surface area contributed by atoms with Crippen LogP contribution < -0.4 is 5.32 Å². The Labute approximate surface area is 105 Å². The van der Waals surface area contributed by atoms with Crippen LogP contribution in [0.2, 0.25) is 0 Å². The Morgan fingerprint density at radius 2 is 2.35 bits per heavy atom. The van der Waals surface area contributed by atoms with E-state index in [2.05, 4.69) is 5.32 Å². The summed E-state index contributed by atoms with van der Waals surface area (Å²) in [5.74, 6) is 0. The third-order valence-corrected chi connectivity index (χ3v) is 3.39. The van der Waals surface area contributed by atoms with Gasteiger partial charge in [-0.2, -0.15) is 11.3 Å². The molecule has 2 atom stereocenters. The van der Waals surface area contributed by atoms with E-state index < -0.39 is 18.2 Å². The lowest BCUT2D eigenvalue weighted by Gasteiger charge is -2.22. The summed E-state index contributed by atoms with van der Waals surface area (Å²) in [5.41, 5.74) is 1.06. The maximum absolute atomic E-state index is 10.7. The van der Waals surface area contributed by atoms with Crippen LogP contribution >= 0.6 is 11.3 Å². The largest absolute Gasteiger partial charge is 0.465 e. The Morgan fingerprint density at radius 1 is 1.59 bits per heavy atom. The highest BCUT2D eigenvalue weighted by atomic mass is 32.1. The summed E-state index contributed by atoms with van der Waals surface area (Å²) in [4.78, 5) is 10.7. The van der Waals surface area contributed by atoms with Gasteiger partial charge in [0.05, 0.1) is 12.1 Å². The SMILES string of the molecule is CCCC[C@H](O)[C@@H](Cc1ccsc1)NC(=O)O. The number of aliphatic hydroxyl groups is 1. The van der Waals surface area contributed by atoms with Crippen molar-refractivity contribution >= 4 is 17.4 Å². The topological polar surface area (TPSA) is 69.6 Å². The molecule has 4 nitrogen and oxygen atoms in total. The number of thiophene rings is 1. The standard InChI is InChI=1S/C12H19NO3S/c1-2-3-4-11(14)10(13-12(15)16)7-9-5-6-17-8-9/h5-6,8,10-11,13-14H,2-4,7H2,1H3,(H,15,16)/t10-,11+/m1/s1. The van der Waals surface area contributed by atoms with Crippen molar-refractivity contribution in [2.75, 3.05) is 0 Å². The van der Waals surface area contributed by atoms with Crippen LogP contribution in [-0.2, 0) is 6.42 Å².